The Morgan fingerprint density at radius 3 is 3.18 bits per heavy atom. The SMILES string of the molecule is O=C(O)C1CCN(c2ncnc3[nH]ccc23)C1. The number of nitrogens with zero attached hydrogens (tertiary/aromatic N) is 3. The average molecular weight is 232 g/mol. The van der Waals surface area contributed by atoms with Gasteiger partial charge in [0.15, 0.2) is 0 Å². The molecule has 2 aromatic heterocycles. The lowest BCUT2D eigenvalue weighted by Gasteiger charge is -2.17. The minimum absolute atomic E-state index is 0.293. The summed E-state index contributed by atoms with van der Waals surface area (Å²) >= 11 is 0. The first-order valence-corrected chi connectivity index (χ1v) is 5.51. The molecular formula is C11H12N4O2. The van der Waals surface area contributed by atoms with Crippen LogP contribution < -0.4 is 4.90 Å². The monoisotopic (exact) mass is 232 g/mol. The molecule has 6 heteroatoms. The molecule has 0 aromatic carbocycles. The Morgan fingerprint density at radius 1 is 1.53 bits per heavy atom. The van der Waals surface area contributed by atoms with Gasteiger partial charge < -0.3 is 15.0 Å². The summed E-state index contributed by atoms with van der Waals surface area (Å²) in [5.74, 6) is -0.203. The van der Waals surface area contributed by atoms with Crippen molar-refractivity contribution in [3.8, 4) is 0 Å². The molecule has 6 nitrogen and oxygen atoms in total. The fourth-order valence-corrected chi connectivity index (χ4v) is 2.26. The molecule has 0 radical (unpaired) electrons. The van der Waals surface area contributed by atoms with Crippen LogP contribution in [0, 0.1) is 5.92 Å². The van der Waals surface area contributed by atoms with Gasteiger partial charge >= 0.3 is 5.97 Å². The summed E-state index contributed by atoms with van der Waals surface area (Å²) in [5, 5.41) is 9.93. The van der Waals surface area contributed by atoms with Crippen molar-refractivity contribution in [3.05, 3.63) is 18.6 Å². The van der Waals surface area contributed by atoms with Crippen molar-refractivity contribution in [1.29, 1.82) is 0 Å². The topological polar surface area (TPSA) is 82.1 Å². The van der Waals surface area contributed by atoms with Gasteiger partial charge in [0, 0.05) is 19.3 Å². The summed E-state index contributed by atoms with van der Waals surface area (Å²) in [4.78, 5) is 24.3. The fourth-order valence-electron chi connectivity index (χ4n) is 2.26. The highest BCUT2D eigenvalue weighted by molar-refractivity contribution is 5.87. The number of carboxylic acids is 1. The molecule has 1 unspecified atom stereocenters. The lowest BCUT2D eigenvalue weighted by Crippen LogP contribution is -2.23. The van der Waals surface area contributed by atoms with Crippen LogP contribution in [-0.4, -0.2) is 39.1 Å². The van der Waals surface area contributed by atoms with Crippen LogP contribution in [0.15, 0.2) is 18.6 Å². The number of aromatic nitrogens is 3. The highest BCUT2D eigenvalue weighted by atomic mass is 16.4. The van der Waals surface area contributed by atoms with E-state index in [1.807, 2.05) is 17.2 Å². The van der Waals surface area contributed by atoms with Crippen molar-refractivity contribution in [3.63, 3.8) is 0 Å². The lowest BCUT2D eigenvalue weighted by molar-refractivity contribution is -0.140. The second-order valence-electron chi connectivity index (χ2n) is 4.21. The van der Waals surface area contributed by atoms with Crippen molar-refractivity contribution < 1.29 is 9.90 Å². The molecule has 0 aliphatic carbocycles. The Labute approximate surface area is 97.3 Å². The Hall–Kier alpha value is -2.11. The summed E-state index contributed by atoms with van der Waals surface area (Å²) in [6, 6.07) is 1.92. The van der Waals surface area contributed by atoms with E-state index in [9.17, 15) is 4.79 Å². The van der Waals surface area contributed by atoms with E-state index in [1.165, 1.54) is 6.33 Å². The molecular weight excluding hydrogens is 220 g/mol. The number of anilines is 1. The van der Waals surface area contributed by atoms with Crippen LogP contribution in [0.1, 0.15) is 6.42 Å². The summed E-state index contributed by atoms with van der Waals surface area (Å²) in [6.45, 7) is 1.25. The molecule has 2 N–H and O–H groups in total. The van der Waals surface area contributed by atoms with Crippen molar-refractivity contribution in [2.24, 2.45) is 5.92 Å². The Kier molecular flexibility index (Phi) is 2.21. The summed E-state index contributed by atoms with van der Waals surface area (Å²) < 4.78 is 0. The van der Waals surface area contributed by atoms with E-state index in [0.29, 0.717) is 13.0 Å². The zero-order valence-corrected chi connectivity index (χ0v) is 9.13. The number of aromatic amines is 1. The lowest BCUT2D eigenvalue weighted by atomic mass is 10.1. The van der Waals surface area contributed by atoms with Gasteiger partial charge in [-0.3, -0.25) is 4.79 Å². The number of hydrogen-bond acceptors (Lipinski definition) is 4. The summed E-state index contributed by atoms with van der Waals surface area (Å²) in [6.07, 6.45) is 3.99. The zero-order valence-electron chi connectivity index (χ0n) is 9.13. The number of rotatable bonds is 2. The quantitative estimate of drug-likeness (QED) is 0.802. The molecule has 1 aliphatic rings. The summed E-state index contributed by atoms with van der Waals surface area (Å²) in [7, 11) is 0. The van der Waals surface area contributed by atoms with Gasteiger partial charge in [-0.25, -0.2) is 9.97 Å². The number of fused-ring (bicyclic) bond motifs is 1. The molecule has 17 heavy (non-hydrogen) atoms. The smallest absolute Gasteiger partial charge is 0.308 e. The zero-order chi connectivity index (χ0) is 11.8. The predicted molar refractivity (Wildman–Crippen MR) is 61.8 cm³/mol. The Balaban J connectivity index is 1.95. The molecule has 0 spiro atoms. The van der Waals surface area contributed by atoms with E-state index in [0.717, 1.165) is 23.4 Å². The van der Waals surface area contributed by atoms with Crippen LogP contribution in [0.25, 0.3) is 11.0 Å². The number of aliphatic carboxylic acids is 1. The molecule has 1 saturated heterocycles. The van der Waals surface area contributed by atoms with E-state index in [4.69, 9.17) is 5.11 Å². The number of carbonyl (C=O) groups is 1. The van der Waals surface area contributed by atoms with Gasteiger partial charge in [-0.1, -0.05) is 0 Å². The largest absolute Gasteiger partial charge is 0.481 e. The van der Waals surface area contributed by atoms with Crippen molar-refractivity contribution in [2.45, 2.75) is 6.42 Å². The van der Waals surface area contributed by atoms with Gasteiger partial charge in [0.25, 0.3) is 0 Å². The van der Waals surface area contributed by atoms with Crippen LogP contribution in [0.3, 0.4) is 0 Å². The highest BCUT2D eigenvalue weighted by Crippen LogP contribution is 2.27. The number of carboxylic acid groups (broad SMARTS) is 1. The van der Waals surface area contributed by atoms with E-state index < -0.39 is 5.97 Å². The molecule has 3 heterocycles. The molecule has 3 rings (SSSR count). The van der Waals surface area contributed by atoms with E-state index >= 15 is 0 Å². The van der Waals surface area contributed by atoms with Crippen LogP contribution in [0.5, 0.6) is 0 Å². The molecule has 0 saturated carbocycles. The number of H-pyrrole nitrogens is 1. The van der Waals surface area contributed by atoms with Gasteiger partial charge in [-0.2, -0.15) is 0 Å². The second-order valence-corrected chi connectivity index (χ2v) is 4.21. The third-order valence-corrected chi connectivity index (χ3v) is 3.17. The fraction of sp³-hybridized carbons (Fsp3) is 0.364. The highest BCUT2D eigenvalue weighted by Gasteiger charge is 2.29. The standard InChI is InChI=1S/C11H12N4O2/c16-11(17)7-2-4-15(5-7)10-8-1-3-12-9(8)13-6-14-10/h1,3,6-7H,2,4-5H2,(H,16,17)(H,12,13,14). The third-order valence-electron chi connectivity index (χ3n) is 3.17. The van der Waals surface area contributed by atoms with Gasteiger partial charge in [-0.05, 0) is 12.5 Å². The normalized spacial score (nSPS) is 20.0. The molecule has 0 bridgehead atoms. The Morgan fingerprint density at radius 2 is 2.41 bits per heavy atom. The average Bonchev–Trinajstić information content (AvgIpc) is 2.97. The molecule has 2 aromatic rings. The minimum Gasteiger partial charge on any atom is -0.481 e. The van der Waals surface area contributed by atoms with Crippen LogP contribution in [0.4, 0.5) is 5.82 Å². The van der Waals surface area contributed by atoms with Crippen LogP contribution in [-0.2, 0) is 4.79 Å². The first-order chi connectivity index (χ1) is 8.25. The van der Waals surface area contributed by atoms with E-state index in [-0.39, 0.29) is 5.92 Å². The van der Waals surface area contributed by atoms with Crippen molar-refractivity contribution in [2.75, 3.05) is 18.0 Å². The maximum Gasteiger partial charge on any atom is 0.308 e. The maximum atomic E-state index is 10.9. The maximum absolute atomic E-state index is 10.9. The summed E-state index contributed by atoms with van der Waals surface area (Å²) in [5.41, 5.74) is 0.786. The molecule has 1 aliphatic heterocycles. The van der Waals surface area contributed by atoms with Gasteiger partial charge in [0.1, 0.15) is 17.8 Å². The van der Waals surface area contributed by atoms with E-state index in [2.05, 4.69) is 15.0 Å². The number of hydrogen-bond donors (Lipinski definition) is 2. The van der Waals surface area contributed by atoms with Gasteiger partial charge in [0.2, 0.25) is 0 Å². The molecule has 0 amide bonds. The minimum atomic E-state index is -0.730. The van der Waals surface area contributed by atoms with E-state index in [1.54, 1.807) is 0 Å². The van der Waals surface area contributed by atoms with Crippen LogP contribution in [0.2, 0.25) is 0 Å². The van der Waals surface area contributed by atoms with Crippen LogP contribution >= 0.6 is 0 Å². The molecule has 1 fully saturated rings. The van der Waals surface area contributed by atoms with Crippen molar-refractivity contribution in [1.82, 2.24) is 15.0 Å². The number of nitrogens with one attached hydrogen (secondary N) is 1. The van der Waals surface area contributed by atoms with Gasteiger partial charge in [0.05, 0.1) is 11.3 Å². The third kappa shape index (κ3) is 1.61. The molecule has 1 atom stereocenters. The van der Waals surface area contributed by atoms with Crippen molar-refractivity contribution >= 4 is 22.8 Å². The predicted octanol–water partition coefficient (Wildman–Crippen LogP) is 0.869. The second kappa shape index (κ2) is 3.73. The first-order valence-electron chi connectivity index (χ1n) is 5.51. The Bertz CT molecular complexity index is 565. The first kappa shape index (κ1) is 10.1. The molecule has 88 valence electrons. The van der Waals surface area contributed by atoms with Gasteiger partial charge in [-0.15, -0.1) is 0 Å².